The van der Waals surface area contributed by atoms with E-state index < -0.39 is 10.0 Å². The number of halogens is 1. The summed E-state index contributed by atoms with van der Waals surface area (Å²) in [6.45, 7) is 2.42. The molecule has 2 aromatic carbocycles. The molecule has 0 bridgehead atoms. The minimum Gasteiger partial charge on any atom is -0.335 e. The van der Waals surface area contributed by atoms with Gasteiger partial charge in [-0.2, -0.15) is 0 Å². The van der Waals surface area contributed by atoms with E-state index in [0.717, 1.165) is 11.0 Å². The second-order valence-electron chi connectivity index (χ2n) is 7.39. The predicted molar refractivity (Wildman–Crippen MR) is 130 cm³/mol. The van der Waals surface area contributed by atoms with Crippen molar-refractivity contribution in [3.63, 3.8) is 0 Å². The van der Waals surface area contributed by atoms with Gasteiger partial charge in [0.2, 0.25) is 15.9 Å². The van der Waals surface area contributed by atoms with Crippen LogP contribution in [0.1, 0.15) is 31.2 Å². The number of carbonyl (C=O) groups is 1. The van der Waals surface area contributed by atoms with Crippen LogP contribution in [0.2, 0.25) is 5.02 Å². The third kappa shape index (κ3) is 7.24. The van der Waals surface area contributed by atoms with Gasteiger partial charge in [0.15, 0.2) is 0 Å². The third-order valence-electron chi connectivity index (χ3n) is 4.79. The zero-order chi connectivity index (χ0) is 23.8. The van der Waals surface area contributed by atoms with Gasteiger partial charge in [-0.05, 0) is 36.3 Å². The van der Waals surface area contributed by atoms with Gasteiger partial charge < -0.3 is 9.88 Å². The maximum Gasteiger partial charge on any atom is 0.258 e. The first kappa shape index (κ1) is 24.6. The maximum atomic E-state index is 12.7. The minimum absolute atomic E-state index is 0.0257. The average molecular weight is 489 g/mol. The monoisotopic (exact) mass is 488 g/mol. The molecule has 3 rings (SSSR count). The number of nitrogens with zero attached hydrogens (tertiary/aromatic N) is 2. The first-order valence-electron chi connectivity index (χ1n) is 10.5. The molecule has 0 saturated carbocycles. The second kappa shape index (κ2) is 11.2. The van der Waals surface area contributed by atoms with Crippen LogP contribution < -0.4 is 10.3 Å². The van der Waals surface area contributed by atoms with Gasteiger partial charge in [0.25, 0.3) is 5.56 Å². The summed E-state index contributed by atoms with van der Waals surface area (Å²) in [6.07, 6.45) is 2.16. The fourth-order valence-electron chi connectivity index (χ4n) is 3.22. The topological polar surface area (TPSA) is 112 Å². The van der Waals surface area contributed by atoms with Gasteiger partial charge in [-0.25, -0.2) is 18.1 Å². The van der Waals surface area contributed by atoms with E-state index in [9.17, 15) is 18.0 Å². The summed E-state index contributed by atoms with van der Waals surface area (Å²) in [5, 5.41) is 1.95. The zero-order valence-electron chi connectivity index (χ0n) is 18.1. The van der Waals surface area contributed by atoms with Gasteiger partial charge in [-0.1, -0.05) is 48.9 Å². The number of hydrogen-bond acceptors (Lipinski definition) is 5. The van der Waals surface area contributed by atoms with Crippen LogP contribution in [-0.4, -0.2) is 42.3 Å². The highest BCUT2D eigenvalue weighted by Crippen LogP contribution is 2.15. The van der Waals surface area contributed by atoms with Crippen LogP contribution in [0.25, 0.3) is 17.0 Å². The van der Waals surface area contributed by atoms with Gasteiger partial charge in [0.1, 0.15) is 5.82 Å². The number of benzene rings is 2. The Hall–Kier alpha value is -3.01. The Morgan fingerprint density at radius 3 is 2.70 bits per heavy atom. The predicted octanol–water partition coefficient (Wildman–Crippen LogP) is 3.30. The van der Waals surface area contributed by atoms with Crippen molar-refractivity contribution < 1.29 is 13.2 Å². The van der Waals surface area contributed by atoms with Crippen molar-refractivity contribution in [3.05, 3.63) is 80.7 Å². The molecule has 0 spiro atoms. The Morgan fingerprint density at radius 2 is 1.97 bits per heavy atom. The summed E-state index contributed by atoms with van der Waals surface area (Å²) in [5.74, 6) is 0.0865. The van der Waals surface area contributed by atoms with Gasteiger partial charge in [-0.15, -0.1) is 0 Å². The number of aromatic amines is 1. The normalized spacial score (nSPS) is 11.8. The fraction of sp³-hybridized carbons (Fsp3) is 0.261. The molecule has 0 atom stereocenters. The highest BCUT2D eigenvalue weighted by molar-refractivity contribution is 7.92. The molecule has 33 heavy (non-hydrogen) atoms. The molecule has 3 aromatic rings. The molecule has 0 fully saturated rings. The molecular weight excluding hydrogens is 464 g/mol. The number of H-pyrrole nitrogens is 1. The molecule has 10 heteroatoms. The lowest BCUT2D eigenvalue weighted by atomic mass is 10.2. The number of carbonyl (C=O) groups excluding carboxylic acids is 1. The molecular formula is C23H25ClN4O4S. The summed E-state index contributed by atoms with van der Waals surface area (Å²) < 4.78 is 26.8. The highest BCUT2D eigenvalue weighted by atomic mass is 35.5. The number of nitrogens with one attached hydrogen (secondary N) is 2. The molecule has 8 nitrogen and oxygen atoms in total. The van der Waals surface area contributed by atoms with Crippen molar-refractivity contribution in [3.8, 4) is 0 Å². The third-order valence-corrected chi connectivity index (χ3v) is 6.12. The molecule has 2 N–H and O–H groups in total. The van der Waals surface area contributed by atoms with Gasteiger partial charge in [0, 0.05) is 29.9 Å². The molecule has 1 aromatic heterocycles. The molecule has 0 aliphatic carbocycles. The second-order valence-corrected chi connectivity index (χ2v) is 9.48. The van der Waals surface area contributed by atoms with E-state index in [4.69, 9.17) is 11.6 Å². The van der Waals surface area contributed by atoms with E-state index in [-0.39, 0.29) is 31.0 Å². The number of fused-ring (bicyclic) bond motifs is 1. The number of amides is 1. The van der Waals surface area contributed by atoms with E-state index in [0.29, 0.717) is 34.7 Å². The Bertz CT molecular complexity index is 1310. The van der Waals surface area contributed by atoms with Crippen LogP contribution in [-0.2, 0) is 21.4 Å². The number of aromatic nitrogens is 2. The van der Waals surface area contributed by atoms with Crippen molar-refractivity contribution in [2.75, 3.05) is 13.1 Å². The summed E-state index contributed by atoms with van der Waals surface area (Å²) in [4.78, 5) is 33.7. The van der Waals surface area contributed by atoms with Crippen LogP contribution in [0.5, 0.6) is 0 Å². The molecule has 1 amide bonds. The lowest BCUT2D eigenvalue weighted by molar-refractivity contribution is -0.131. The molecule has 0 unspecified atom stereocenters. The smallest absolute Gasteiger partial charge is 0.258 e. The van der Waals surface area contributed by atoms with Crippen molar-refractivity contribution >= 4 is 44.5 Å². The van der Waals surface area contributed by atoms with Crippen LogP contribution in [0.3, 0.4) is 0 Å². The molecule has 0 radical (unpaired) electrons. The Balaban J connectivity index is 1.63. The number of rotatable bonds is 10. The van der Waals surface area contributed by atoms with E-state index in [1.807, 2.05) is 25.1 Å². The van der Waals surface area contributed by atoms with Crippen LogP contribution in [0.15, 0.2) is 58.7 Å². The molecule has 0 saturated heterocycles. The quantitative estimate of drug-likeness (QED) is 0.454. The molecule has 0 aliphatic heterocycles. The number of hydrogen-bond donors (Lipinski definition) is 2. The maximum absolute atomic E-state index is 12.7. The highest BCUT2D eigenvalue weighted by Gasteiger charge is 2.16. The Labute approximate surface area is 197 Å². The molecule has 1 heterocycles. The van der Waals surface area contributed by atoms with Crippen molar-refractivity contribution in [2.45, 2.75) is 26.3 Å². The molecule has 0 aliphatic rings. The fourth-order valence-corrected chi connectivity index (χ4v) is 4.20. The Morgan fingerprint density at radius 1 is 1.21 bits per heavy atom. The SMILES string of the molecule is CCCN(Cc1nc2cc(Cl)ccc2c(=O)[nH]1)C(=O)CCNS(=O)(=O)/C=C/c1ccccc1. The minimum atomic E-state index is -3.68. The van der Waals surface area contributed by atoms with E-state index in [2.05, 4.69) is 14.7 Å². The average Bonchev–Trinajstić information content (AvgIpc) is 2.78. The van der Waals surface area contributed by atoms with E-state index in [1.54, 1.807) is 35.2 Å². The number of sulfonamides is 1. The lowest BCUT2D eigenvalue weighted by Gasteiger charge is -2.21. The van der Waals surface area contributed by atoms with Crippen LogP contribution in [0.4, 0.5) is 0 Å². The Kier molecular flexibility index (Phi) is 8.37. The lowest BCUT2D eigenvalue weighted by Crippen LogP contribution is -2.35. The van der Waals surface area contributed by atoms with Crippen molar-refractivity contribution in [1.82, 2.24) is 19.6 Å². The largest absolute Gasteiger partial charge is 0.335 e. The first-order chi connectivity index (χ1) is 15.8. The van der Waals surface area contributed by atoms with Crippen LogP contribution in [0, 0.1) is 0 Å². The van der Waals surface area contributed by atoms with Crippen molar-refractivity contribution in [1.29, 1.82) is 0 Å². The standard InChI is InChI=1S/C23H25ClN4O4S/c1-2-13-28(16-21-26-20-15-18(24)8-9-19(20)23(30)27-21)22(29)10-12-25-33(31,32)14-11-17-6-4-3-5-7-17/h3-9,11,14-15,25H,2,10,12-13,16H2,1H3,(H,26,27,30)/b14-11+. The summed E-state index contributed by atoms with van der Waals surface area (Å²) in [6, 6.07) is 13.9. The van der Waals surface area contributed by atoms with Gasteiger partial charge in [0.05, 0.1) is 17.4 Å². The van der Waals surface area contributed by atoms with E-state index in [1.165, 1.54) is 6.08 Å². The van der Waals surface area contributed by atoms with Crippen molar-refractivity contribution in [2.24, 2.45) is 0 Å². The summed E-state index contributed by atoms with van der Waals surface area (Å²) in [5.41, 5.74) is 0.892. The molecule has 174 valence electrons. The van der Waals surface area contributed by atoms with Gasteiger partial charge in [-0.3, -0.25) is 9.59 Å². The zero-order valence-corrected chi connectivity index (χ0v) is 19.7. The van der Waals surface area contributed by atoms with Gasteiger partial charge >= 0.3 is 0 Å². The van der Waals surface area contributed by atoms with E-state index >= 15 is 0 Å². The first-order valence-corrected chi connectivity index (χ1v) is 12.4. The van der Waals surface area contributed by atoms with Crippen LogP contribution >= 0.6 is 11.6 Å². The summed E-state index contributed by atoms with van der Waals surface area (Å²) in [7, 11) is -3.68. The summed E-state index contributed by atoms with van der Waals surface area (Å²) >= 11 is 6.00.